The highest BCUT2D eigenvalue weighted by molar-refractivity contribution is 7.00. The smallest absolute Gasteiger partial charge is 0.319 e. The van der Waals surface area contributed by atoms with Crippen molar-refractivity contribution in [1.29, 1.82) is 0 Å². The number of carbonyl (C=O) groups excluding carboxylic acids is 1. The van der Waals surface area contributed by atoms with Gasteiger partial charge in [0.15, 0.2) is 0 Å². The summed E-state index contributed by atoms with van der Waals surface area (Å²) in [7, 11) is -2.69. The number of aryl methyl sites for hydroxylation is 1. The lowest BCUT2D eigenvalue weighted by Gasteiger charge is -2.48. The summed E-state index contributed by atoms with van der Waals surface area (Å²) in [5.41, 5.74) is 2.13. The van der Waals surface area contributed by atoms with Crippen molar-refractivity contribution < 1.29 is 14.0 Å². The molecule has 2 aliphatic rings. The van der Waals surface area contributed by atoms with Gasteiger partial charge in [-0.2, -0.15) is 0 Å². The first-order chi connectivity index (χ1) is 17.5. The molecule has 194 valence electrons. The molecule has 0 N–H and O–H groups in total. The largest absolute Gasteiger partial charge is 0.534 e. The van der Waals surface area contributed by atoms with Gasteiger partial charge in [-0.3, -0.25) is 4.79 Å². The lowest BCUT2D eigenvalue weighted by Crippen LogP contribution is -2.68. The molecule has 1 saturated heterocycles. The Bertz CT molecular complexity index is 1240. The highest BCUT2D eigenvalue weighted by Gasteiger charge is 2.53. The fourth-order valence-corrected chi connectivity index (χ4v) is 11.6. The van der Waals surface area contributed by atoms with E-state index in [9.17, 15) is 4.79 Å². The van der Waals surface area contributed by atoms with E-state index in [4.69, 9.17) is 9.16 Å². The van der Waals surface area contributed by atoms with Crippen LogP contribution in [0.25, 0.3) is 0 Å². The molecule has 0 amide bonds. The van der Waals surface area contributed by atoms with Gasteiger partial charge < -0.3 is 9.16 Å². The second-order valence-corrected chi connectivity index (χ2v) is 16.9. The summed E-state index contributed by atoms with van der Waals surface area (Å²) >= 11 is 0. The number of rotatable bonds is 4. The third-order valence-corrected chi connectivity index (χ3v) is 13.9. The fourth-order valence-electron chi connectivity index (χ4n) is 7.23. The third kappa shape index (κ3) is 4.33. The van der Waals surface area contributed by atoms with Gasteiger partial charge >= 0.3 is 14.3 Å². The van der Waals surface area contributed by atoms with Crippen LogP contribution in [-0.2, 0) is 21.4 Å². The lowest BCUT2D eigenvalue weighted by molar-refractivity contribution is -0.160. The van der Waals surface area contributed by atoms with E-state index >= 15 is 0 Å². The van der Waals surface area contributed by atoms with E-state index in [1.165, 1.54) is 21.5 Å². The van der Waals surface area contributed by atoms with Gasteiger partial charge in [-0.25, -0.2) is 0 Å². The Hall–Kier alpha value is -2.85. The van der Waals surface area contributed by atoms with Crippen molar-refractivity contribution in [3.05, 3.63) is 90.0 Å². The van der Waals surface area contributed by atoms with Gasteiger partial charge in [0.2, 0.25) is 0 Å². The van der Waals surface area contributed by atoms with Crippen LogP contribution in [0.3, 0.4) is 0 Å². The van der Waals surface area contributed by atoms with Crippen molar-refractivity contribution >= 4 is 24.7 Å². The number of hydrogen-bond donors (Lipinski definition) is 0. The minimum atomic E-state index is -2.69. The normalized spacial score (nSPS) is 23.3. The summed E-state index contributed by atoms with van der Waals surface area (Å²) < 4.78 is 13.2. The van der Waals surface area contributed by atoms with Gasteiger partial charge in [-0.1, -0.05) is 94.4 Å². The summed E-state index contributed by atoms with van der Waals surface area (Å²) in [5.74, 6) is 1.16. The van der Waals surface area contributed by atoms with E-state index in [1.807, 2.05) is 0 Å². The van der Waals surface area contributed by atoms with Crippen LogP contribution in [0.5, 0.6) is 5.75 Å². The standard InChI is InChI=1S/C33H40O3Si/c1-31(2,3)37(26-13-9-7-10-14-26,27-15-11-8-12-16-27)36-25-18-19-28-24(23-25)17-20-29-32(4,5)35-30(34)21-22-33(28,29)6/h7-16,18-19,23,29H,17,20-22H2,1-6H3/t29-,33+/m0/s1. The predicted octanol–water partition coefficient (Wildman–Crippen LogP) is 6.56. The highest BCUT2D eigenvalue weighted by atomic mass is 28.4. The highest BCUT2D eigenvalue weighted by Crippen LogP contribution is 2.52. The van der Waals surface area contributed by atoms with Crippen LogP contribution in [0.1, 0.15) is 71.9 Å². The Kier molecular flexibility index (Phi) is 6.38. The van der Waals surface area contributed by atoms with E-state index in [2.05, 4.69) is 120 Å². The summed E-state index contributed by atoms with van der Waals surface area (Å²) in [6.07, 6.45) is 3.26. The van der Waals surface area contributed by atoms with Crippen molar-refractivity contribution in [2.75, 3.05) is 0 Å². The first kappa shape index (κ1) is 25.8. The van der Waals surface area contributed by atoms with Crippen LogP contribution in [0.4, 0.5) is 0 Å². The van der Waals surface area contributed by atoms with Crippen LogP contribution < -0.4 is 14.8 Å². The van der Waals surface area contributed by atoms with Crippen LogP contribution in [0, 0.1) is 5.92 Å². The Morgan fingerprint density at radius 1 is 0.865 bits per heavy atom. The molecular weight excluding hydrogens is 472 g/mol. The molecule has 1 fully saturated rings. The van der Waals surface area contributed by atoms with E-state index in [-0.39, 0.29) is 16.4 Å². The molecule has 1 heterocycles. The summed E-state index contributed by atoms with van der Waals surface area (Å²) in [5, 5.41) is 2.46. The van der Waals surface area contributed by atoms with E-state index in [0.29, 0.717) is 12.3 Å². The topological polar surface area (TPSA) is 35.5 Å². The molecule has 0 radical (unpaired) electrons. The second kappa shape index (κ2) is 9.16. The molecule has 1 aliphatic heterocycles. The zero-order chi connectivity index (χ0) is 26.5. The maximum atomic E-state index is 12.4. The molecule has 3 nitrogen and oxygen atoms in total. The number of benzene rings is 3. The molecule has 2 atom stereocenters. The number of ether oxygens (including phenoxy) is 1. The SMILES string of the molecule is CC1(C)OC(=O)CC[C@]2(C)c3ccc(O[Si](c4ccccc4)(c4ccccc4)C(C)(C)C)cc3CC[C@@H]12. The lowest BCUT2D eigenvalue weighted by atomic mass is 9.58. The number of esters is 1. The monoisotopic (exact) mass is 512 g/mol. The zero-order valence-corrected chi connectivity index (χ0v) is 24.1. The first-order valence-electron chi connectivity index (χ1n) is 13.6. The predicted molar refractivity (Wildman–Crippen MR) is 153 cm³/mol. The fraction of sp³-hybridized carbons (Fsp3) is 0.424. The minimum Gasteiger partial charge on any atom is -0.534 e. The van der Waals surface area contributed by atoms with E-state index < -0.39 is 13.9 Å². The average Bonchev–Trinajstić information content (AvgIpc) is 2.95. The van der Waals surface area contributed by atoms with Crippen molar-refractivity contribution in [1.82, 2.24) is 0 Å². The molecule has 0 bridgehead atoms. The minimum absolute atomic E-state index is 0.0752. The Balaban J connectivity index is 1.61. The van der Waals surface area contributed by atoms with Gasteiger partial charge in [0.1, 0.15) is 11.4 Å². The Morgan fingerprint density at radius 2 is 1.46 bits per heavy atom. The zero-order valence-electron chi connectivity index (χ0n) is 23.1. The molecule has 37 heavy (non-hydrogen) atoms. The van der Waals surface area contributed by atoms with E-state index in [0.717, 1.165) is 25.0 Å². The summed E-state index contributed by atoms with van der Waals surface area (Å²) in [6, 6.07) is 28.3. The van der Waals surface area contributed by atoms with E-state index in [1.54, 1.807) is 0 Å². The van der Waals surface area contributed by atoms with Crippen molar-refractivity contribution in [2.45, 2.75) is 83.3 Å². The van der Waals surface area contributed by atoms with Crippen LogP contribution in [0.15, 0.2) is 78.9 Å². The molecule has 3 aromatic carbocycles. The van der Waals surface area contributed by atoms with Crippen molar-refractivity contribution in [2.24, 2.45) is 5.92 Å². The van der Waals surface area contributed by atoms with Crippen LogP contribution in [-0.4, -0.2) is 19.9 Å². The number of hydrogen-bond acceptors (Lipinski definition) is 3. The van der Waals surface area contributed by atoms with Crippen LogP contribution in [0.2, 0.25) is 5.04 Å². The van der Waals surface area contributed by atoms with Gasteiger partial charge in [-0.05, 0) is 77.2 Å². The molecular formula is C33H40O3Si. The van der Waals surface area contributed by atoms with Crippen molar-refractivity contribution in [3.63, 3.8) is 0 Å². The van der Waals surface area contributed by atoms with Gasteiger partial charge in [0.25, 0.3) is 0 Å². The van der Waals surface area contributed by atoms with Gasteiger partial charge in [-0.15, -0.1) is 0 Å². The molecule has 4 heteroatoms. The van der Waals surface area contributed by atoms with Crippen molar-refractivity contribution in [3.8, 4) is 5.75 Å². The second-order valence-electron chi connectivity index (χ2n) is 12.7. The molecule has 0 unspecified atom stereocenters. The number of fused-ring (bicyclic) bond motifs is 3. The maximum absolute atomic E-state index is 12.4. The number of carbonyl (C=O) groups is 1. The summed E-state index contributed by atoms with van der Waals surface area (Å²) in [6.45, 7) is 13.5. The Labute approximate surface area is 223 Å². The molecule has 0 saturated carbocycles. The van der Waals surface area contributed by atoms with Crippen LogP contribution >= 0.6 is 0 Å². The molecule has 3 aromatic rings. The van der Waals surface area contributed by atoms with Gasteiger partial charge in [0, 0.05) is 12.3 Å². The summed E-state index contributed by atoms with van der Waals surface area (Å²) in [4.78, 5) is 12.4. The molecule has 1 aliphatic carbocycles. The molecule has 0 spiro atoms. The third-order valence-electron chi connectivity index (χ3n) is 8.92. The molecule has 5 rings (SSSR count). The molecule has 0 aromatic heterocycles. The Morgan fingerprint density at radius 3 is 2.03 bits per heavy atom. The average molecular weight is 513 g/mol. The maximum Gasteiger partial charge on any atom is 0.319 e. The number of cyclic esters (lactones) is 1. The van der Waals surface area contributed by atoms with Gasteiger partial charge in [0.05, 0.1) is 0 Å². The quantitative estimate of drug-likeness (QED) is 0.293. The first-order valence-corrected chi connectivity index (χ1v) is 15.5.